The van der Waals surface area contributed by atoms with Crippen molar-refractivity contribution in [3.8, 4) is 0 Å². The second kappa shape index (κ2) is 9.34. The molecule has 3 N–H and O–H groups in total. The molecule has 2 aromatic rings. The lowest BCUT2D eigenvalue weighted by Gasteiger charge is -2.23. The van der Waals surface area contributed by atoms with E-state index in [1.165, 1.54) is 45.3 Å². The van der Waals surface area contributed by atoms with E-state index in [1.807, 2.05) is 0 Å². The van der Waals surface area contributed by atoms with E-state index < -0.39 is 42.4 Å². The van der Waals surface area contributed by atoms with Gasteiger partial charge in [-0.2, -0.15) is 4.39 Å². The third kappa shape index (κ3) is 5.13. The number of amides is 2. The topological polar surface area (TPSA) is 113 Å². The standard InChI is InChI=1S/C21H26F2N4O4/c1-11-8-14(9-24-18(11)23)25-19(30)15-12(2)16(27(7-6-22)13(15)3)17(29)20(31)26-21(4,5)10-28/h8-9,28H,6-7,10H2,1-5H3,(H,25,30)(H,26,31). The number of anilines is 1. The Bertz CT molecular complexity index is 1030. The Morgan fingerprint density at radius 1 is 1.23 bits per heavy atom. The highest BCUT2D eigenvalue weighted by molar-refractivity contribution is 6.43. The average Bonchev–Trinajstić information content (AvgIpc) is 2.94. The van der Waals surface area contributed by atoms with Gasteiger partial charge in [-0.15, -0.1) is 0 Å². The molecular weight excluding hydrogens is 410 g/mol. The number of aromatic nitrogens is 2. The van der Waals surface area contributed by atoms with Crippen LogP contribution in [0.25, 0.3) is 0 Å². The van der Waals surface area contributed by atoms with Crippen molar-refractivity contribution in [1.29, 1.82) is 0 Å². The molecule has 2 rings (SSSR count). The first-order valence-electron chi connectivity index (χ1n) is 9.60. The molecule has 0 unspecified atom stereocenters. The first kappa shape index (κ1) is 24.1. The van der Waals surface area contributed by atoms with E-state index >= 15 is 0 Å². The van der Waals surface area contributed by atoms with Gasteiger partial charge in [0.15, 0.2) is 0 Å². The number of carbonyl (C=O) groups excluding carboxylic acids is 3. The molecule has 0 saturated heterocycles. The summed E-state index contributed by atoms with van der Waals surface area (Å²) < 4.78 is 27.9. The van der Waals surface area contributed by atoms with Gasteiger partial charge < -0.3 is 20.3 Å². The van der Waals surface area contributed by atoms with Gasteiger partial charge in [0, 0.05) is 11.3 Å². The molecule has 10 heteroatoms. The van der Waals surface area contributed by atoms with Crippen LogP contribution in [0.3, 0.4) is 0 Å². The number of aliphatic hydroxyl groups is 1. The van der Waals surface area contributed by atoms with Crippen molar-refractivity contribution in [2.24, 2.45) is 0 Å². The van der Waals surface area contributed by atoms with Crippen molar-refractivity contribution in [3.05, 3.63) is 46.3 Å². The lowest BCUT2D eigenvalue weighted by atomic mass is 10.0. The molecule has 168 valence electrons. The van der Waals surface area contributed by atoms with Crippen LogP contribution in [0, 0.1) is 26.7 Å². The normalized spacial score (nSPS) is 11.4. The molecule has 0 saturated carbocycles. The van der Waals surface area contributed by atoms with Crippen LogP contribution in [0.15, 0.2) is 12.3 Å². The van der Waals surface area contributed by atoms with Gasteiger partial charge in [0.1, 0.15) is 6.67 Å². The Kier molecular flexibility index (Phi) is 7.27. The van der Waals surface area contributed by atoms with E-state index in [0.29, 0.717) is 5.69 Å². The Morgan fingerprint density at radius 3 is 2.42 bits per heavy atom. The minimum absolute atomic E-state index is 0.105. The predicted molar refractivity (Wildman–Crippen MR) is 110 cm³/mol. The largest absolute Gasteiger partial charge is 0.394 e. The molecule has 0 aromatic carbocycles. The van der Waals surface area contributed by atoms with E-state index in [4.69, 9.17) is 0 Å². The minimum atomic E-state index is -1.04. The van der Waals surface area contributed by atoms with Crippen LogP contribution in [0.4, 0.5) is 14.5 Å². The molecule has 0 bridgehead atoms. The van der Waals surface area contributed by atoms with Crippen molar-refractivity contribution in [3.63, 3.8) is 0 Å². The summed E-state index contributed by atoms with van der Waals surface area (Å²) in [5.74, 6) is -3.20. The average molecular weight is 436 g/mol. The molecule has 0 fully saturated rings. The molecule has 0 aliphatic carbocycles. The Morgan fingerprint density at radius 2 is 1.87 bits per heavy atom. The zero-order valence-corrected chi connectivity index (χ0v) is 18.1. The van der Waals surface area contributed by atoms with Crippen molar-refractivity contribution >= 4 is 23.3 Å². The Hall–Kier alpha value is -3.14. The van der Waals surface area contributed by atoms with Crippen LogP contribution in [0.2, 0.25) is 0 Å². The maximum Gasteiger partial charge on any atom is 0.294 e. The van der Waals surface area contributed by atoms with E-state index in [9.17, 15) is 28.3 Å². The van der Waals surface area contributed by atoms with Gasteiger partial charge in [0.2, 0.25) is 5.95 Å². The van der Waals surface area contributed by atoms with Crippen molar-refractivity contribution in [1.82, 2.24) is 14.9 Å². The highest BCUT2D eigenvalue weighted by Crippen LogP contribution is 2.25. The minimum Gasteiger partial charge on any atom is -0.394 e. The van der Waals surface area contributed by atoms with Gasteiger partial charge >= 0.3 is 0 Å². The number of ketones is 1. The number of aryl methyl sites for hydroxylation is 1. The maximum absolute atomic E-state index is 13.4. The monoisotopic (exact) mass is 436 g/mol. The zero-order valence-electron chi connectivity index (χ0n) is 18.1. The zero-order chi connectivity index (χ0) is 23.5. The summed E-state index contributed by atoms with van der Waals surface area (Å²) in [6.07, 6.45) is 1.15. The molecule has 2 heterocycles. The van der Waals surface area contributed by atoms with Crippen LogP contribution in [-0.4, -0.2) is 51.1 Å². The number of hydrogen-bond acceptors (Lipinski definition) is 5. The van der Waals surface area contributed by atoms with Gasteiger partial charge in [-0.25, -0.2) is 9.37 Å². The highest BCUT2D eigenvalue weighted by Gasteiger charge is 2.32. The quantitative estimate of drug-likeness (QED) is 0.334. The number of alkyl halides is 1. The number of nitrogens with one attached hydrogen (secondary N) is 2. The van der Waals surface area contributed by atoms with Crippen LogP contribution in [0.5, 0.6) is 0 Å². The SMILES string of the molecule is Cc1cc(NC(=O)c2c(C)c(C(=O)C(=O)NC(C)(C)CO)n(CCF)c2C)cnc1F. The summed E-state index contributed by atoms with van der Waals surface area (Å²) in [6, 6.07) is 1.40. The molecule has 0 spiro atoms. The molecule has 0 aliphatic heterocycles. The lowest BCUT2D eigenvalue weighted by Crippen LogP contribution is -2.49. The number of hydrogen-bond donors (Lipinski definition) is 3. The fourth-order valence-electron chi connectivity index (χ4n) is 3.22. The summed E-state index contributed by atoms with van der Waals surface area (Å²) in [7, 11) is 0. The third-order valence-electron chi connectivity index (χ3n) is 4.84. The van der Waals surface area contributed by atoms with Crippen molar-refractivity contribution in [2.75, 3.05) is 18.6 Å². The second-order valence-corrected chi connectivity index (χ2v) is 7.89. The fourth-order valence-corrected chi connectivity index (χ4v) is 3.22. The van der Waals surface area contributed by atoms with Gasteiger partial charge in [-0.05, 0) is 46.2 Å². The molecule has 0 aliphatic rings. The van der Waals surface area contributed by atoms with Gasteiger partial charge in [-0.1, -0.05) is 0 Å². The number of pyridine rings is 1. The fraction of sp³-hybridized carbons (Fsp3) is 0.429. The third-order valence-corrected chi connectivity index (χ3v) is 4.84. The predicted octanol–water partition coefficient (Wildman–Crippen LogP) is 2.24. The number of halogens is 2. The van der Waals surface area contributed by atoms with E-state index in [2.05, 4.69) is 15.6 Å². The molecule has 0 atom stereocenters. The highest BCUT2D eigenvalue weighted by atomic mass is 19.1. The summed E-state index contributed by atoms with van der Waals surface area (Å²) >= 11 is 0. The van der Waals surface area contributed by atoms with E-state index in [0.717, 1.165) is 6.20 Å². The number of Topliss-reactive ketones (excluding diaryl/α,β-unsaturated/α-hetero) is 1. The molecular formula is C21H26F2N4O4. The second-order valence-electron chi connectivity index (χ2n) is 7.89. The van der Waals surface area contributed by atoms with Crippen molar-refractivity contribution in [2.45, 2.75) is 46.7 Å². The number of carbonyl (C=O) groups is 3. The van der Waals surface area contributed by atoms with Gasteiger partial charge in [-0.3, -0.25) is 14.4 Å². The Balaban J connectivity index is 2.46. The number of nitrogens with zero attached hydrogens (tertiary/aromatic N) is 2. The van der Waals surface area contributed by atoms with Crippen LogP contribution >= 0.6 is 0 Å². The van der Waals surface area contributed by atoms with E-state index in [1.54, 1.807) is 0 Å². The first-order valence-corrected chi connectivity index (χ1v) is 9.60. The summed E-state index contributed by atoms with van der Waals surface area (Å²) in [5, 5.41) is 14.3. The van der Waals surface area contributed by atoms with Gasteiger partial charge in [0.25, 0.3) is 17.6 Å². The van der Waals surface area contributed by atoms with Crippen molar-refractivity contribution < 1.29 is 28.3 Å². The first-order chi connectivity index (χ1) is 14.4. The smallest absolute Gasteiger partial charge is 0.294 e. The lowest BCUT2D eigenvalue weighted by molar-refractivity contribution is -0.119. The molecule has 8 nitrogen and oxygen atoms in total. The maximum atomic E-state index is 13.4. The van der Waals surface area contributed by atoms with Gasteiger partial charge in [0.05, 0.1) is 41.8 Å². The number of aliphatic hydroxyl groups excluding tert-OH is 1. The van der Waals surface area contributed by atoms with Crippen LogP contribution < -0.4 is 10.6 Å². The molecule has 31 heavy (non-hydrogen) atoms. The molecule has 2 aromatic heterocycles. The number of rotatable bonds is 8. The summed E-state index contributed by atoms with van der Waals surface area (Å²) in [5.41, 5.74) is -0.0559. The van der Waals surface area contributed by atoms with Crippen LogP contribution in [-0.2, 0) is 11.3 Å². The summed E-state index contributed by atoms with van der Waals surface area (Å²) in [6.45, 7) is 6.16. The van der Waals surface area contributed by atoms with E-state index in [-0.39, 0.29) is 34.6 Å². The summed E-state index contributed by atoms with van der Waals surface area (Å²) in [4.78, 5) is 41.8. The Labute approximate surface area is 178 Å². The molecule has 2 amide bonds. The molecule has 0 radical (unpaired) electrons. The van der Waals surface area contributed by atoms with Crippen LogP contribution in [0.1, 0.15) is 51.5 Å².